The molecule has 0 amide bonds. The van der Waals surface area contributed by atoms with Crippen LogP contribution in [0, 0.1) is 11.6 Å². The van der Waals surface area contributed by atoms with E-state index in [1.807, 2.05) is 30.9 Å². The third-order valence-electron chi connectivity index (χ3n) is 6.69. The normalized spacial score (nSPS) is 16.1. The lowest BCUT2D eigenvalue weighted by molar-refractivity contribution is 0.189. The number of nitrogens with one attached hydrogen (secondary N) is 1. The maximum Gasteiger partial charge on any atom is 0.229 e. The summed E-state index contributed by atoms with van der Waals surface area (Å²) in [7, 11) is 0. The Bertz CT molecular complexity index is 1230. The van der Waals surface area contributed by atoms with E-state index in [0.29, 0.717) is 36.8 Å². The molecule has 3 aromatic rings. The number of pyridine rings is 1. The van der Waals surface area contributed by atoms with Gasteiger partial charge in [-0.25, -0.2) is 23.7 Å². The van der Waals surface area contributed by atoms with E-state index in [1.165, 1.54) is 6.07 Å². The van der Waals surface area contributed by atoms with Gasteiger partial charge in [0.15, 0.2) is 17.4 Å². The van der Waals surface area contributed by atoms with Crippen LogP contribution in [0.4, 0.5) is 31.9 Å². The first kappa shape index (κ1) is 25.1. The molecule has 0 radical (unpaired) electrons. The standard InChI is InChI=1S/C26H31F2N7O2/c1-17(2)35-10-12-37-25-20(27)13-18(14-22(25)35)24-21(28)16-30-26(32-24)31-23-4-3-19(15-29-23)34-7-5-33(6-8-34)9-11-36/h3-4,13-17,36H,5-12H2,1-2H3,(H,29,30,31,32). The molecule has 4 heterocycles. The summed E-state index contributed by atoms with van der Waals surface area (Å²) in [6.07, 6.45) is 2.84. The molecule has 0 unspecified atom stereocenters. The molecule has 0 aliphatic carbocycles. The Morgan fingerprint density at radius 2 is 1.84 bits per heavy atom. The Balaban J connectivity index is 1.34. The molecule has 2 aromatic heterocycles. The van der Waals surface area contributed by atoms with Crippen LogP contribution < -0.4 is 19.9 Å². The minimum absolute atomic E-state index is 0.00847. The number of piperazine rings is 1. The van der Waals surface area contributed by atoms with E-state index < -0.39 is 11.6 Å². The van der Waals surface area contributed by atoms with Crippen molar-refractivity contribution in [1.29, 1.82) is 0 Å². The Hall–Kier alpha value is -3.57. The van der Waals surface area contributed by atoms with Gasteiger partial charge in [-0.05, 0) is 38.1 Å². The maximum absolute atomic E-state index is 14.9. The van der Waals surface area contributed by atoms with Crippen LogP contribution in [0.25, 0.3) is 11.3 Å². The maximum atomic E-state index is 14.9. The van der Waals surface area contributed by atoms with E-state index in [0.717, 1.165) is 38.1 Å². The van der Waals surface area contributed by atoms with Crippen molar-refractivity contribution in [3.05, 3.63) is 48.3 Å². The van der Waals surface area contributed by atoms with Crippen molar-refractivity contribution >= 4 is 23.1 Å². The van der Waals surface area contributed by atoms with Crippen LogP contribution in [0.2, 0.25) is 0 Å². The Labute approximate surface area is 214 Å². The van der Waals surface area contributed by atoms with E-state index in [2.05, 4.69) is 30.1 Å². The minimum Gasteiger partial charge on any atom is -0.486 e. The zero-order valence-electron chi connectivity index (χ0n) is 21.0. The highest BCUT2D eigenvalue weighted by Crippen LogP contribution is 2.39. The number of hydrogen-bond acceptors (Lipinski definition) is 9. The molecule has 1 fully saturated rings. The summed E-state index contributed by atoms with van der Waals surface area (Å²) >= 11 is 0. The molecule has 1 aromatic carbocycles. The third kappa shape index (κ3) is 5.42. The number of hydrogen-bond donors (Lipinski definition) is 2. The number of aromatic nitrogens is 3. The number of aliphatic hydroxyl groups excluding tert-OH is 1. The average Bonchev–Trinajstić information content (AvgIpc) is 2.90. The Kier molecular flexibility index (Phi) is 7.33. The second-order valence-corrected chi connectivity index (χ2v) is 9.41. The van der Waals surface area contributed by atoms with Crippen molar-refractivity contribution in [3.8, 4) is 17.0 Å². The second kappa shape index (κ2) is 10.8. The lowest BCUT2D eigenvalue weighted by atomic mass is 10.1. The summed E-state index contributed by atoms with van der Waals surface area (Å²) in [5.74, 6) is -0.364. The van der Waals surface area contributed by atoms with Crippen LogP contribution in [0.3, 0.4) is 0 Å². The van der Waals surface area contributed by atoms with Gasteiger partial charge < -0.3 is 25.0 Å². The predicted molar refractivity (Wildman–Crippen MR) is 139 cm³/mol. The molecule has 2 aliphatic heterocycles. The molecule has 0 saturated carbocycles. The molecule has 11 heteroatoms. The van der Waals surface area contributed by atoms with Crippen molar-refractivity contribution in [2.75, 3.05) is 67.6 Å². The SMILES string of the molecule is CC(C)N1CCOc2c(F)cc(-c3nc(Nc4ccc(N5CCN(CCO)CC5)cn4)ncc3F)cc21. The summed E-state index contributed by atoms with van der Waals surface area (Å²) in [6, 6.07) is 6.85. The fourth-order valence-electron chi connectivity index (χ4n) is 4.74. The number of rotatable bonds is 7. The fourth-order valence-corrected chi connectivity index (χ4v) is 4.74. The van der Waals surface area contributed by atoms with Gasteiger partial charge in [0.25, 0.3) is 0 Å². The molecule has 1 saturated heterocycles. The first-order chi connectivity index (χ1) is 17.9. The lowest BCUT2D eigenvalue weighted by Gasteiger charge is -2.35. The van der Waals surface area contributed by atoms with Crippen LogP contribution in [-0.2, 0) is 0 Å². The summed E-state index contributed by atoms with van der Waals surface area (Å²) < 4.78 is 35.3. The lowest BCUT2D eigenvalue weighted by Crippen LogP contribution is -2.47. The van der Waals surface area contributed by atoms with Crippen LogP contribution >= 0.6 is 0 Å². The van der Waals surface area contributed by atoms with Gasteiger partial charge in [-0.3, -0.25) is 4.90 Å². The number of anilines is 4. The number of halogens is 2. The molecule has 5 rings (SSSR count). The van der Waals surface area contributed by atoms with Gasteiger partial charge in [0.1, 0.15) is 18.1 Å². The quantitative estimate of drug-likeness (QED) is 0.496. The second-order valence-electron chi connectivity index (χ2n) is 9.41. The highest BCUT2D eigenvalue weighted by atomic mass is 19.1. The zero-order valence-corrected chi connectivity index (χ0v) is 21.0. The molecule has 0 bridgehead atoms. The first-order valence-corrected chi connectivity index (χ1v) is 12.5. The molecule has 37 heavy (non-hydrogen) atoms. The first-order valence-electron chi connectivity index (χ1n) is 12.5. The topological polar surface area (TPSA) is 89.9 Å². The number of ether oxygens (including phenoxy) is 1. The molecular weight excluding hydrogens is 480 g/mol. The Morgan fingerprint density at radius 1 is 1.03 bits per heavy atom. The van der Waals surface area contributed by atoms with E-state index >= 15 is 0 Å². The molecule has 9 nitrogen and oxygen atoms in total. The molecule has 2 aliphatic rings. The van der Waals surface area contributed by atoms with E-state index in [9.17, 15) is 8.78 Å². The van der Waals surface area contributed by atoms with E-state index in [4.69, 9.17) is 9.84 Å². The summed E-state index contributed by atoms with van der Waals surface area (Å²) in [5, 5.41) is 12.1. The van der Waals surface area contributed by atoms with Crippen molar-refractivity contribution in [2.45, 2.75) is 19.9 Å². The van der Waals surface area contributed by atoms with E-state index in [-0.39, 0.29) is 30.0 Å². The van der Waals surface area contributed by atoms with Crippen LogP contribution in [0.1, 0.15) is 13.8 Å². The largest absolute Gasteiger partial charge is 0.486 e. The van der Waals surface area contributed by atoms with Crippen LogP contribution in [0.15, 0.2) is 36.7 Å². The minimum atomic E-state index is -0.652. The van der Waals surface area contributed by atoms with Gasteiger partial charge in [0.2, 0.25) is 5.95 Å². The molecule has 0 atom stereocenters. The van der Waals surface area contributed by atoms with Crippen molar-refractivity contribution in [3.63, 3.8) is 0 Å². The monoisotopic (exact) mass is 511 g/mol. The zero-order chi connectivity index (χ0) is 25.9. The van der Waals surface area contributed by atoms with Gasteiger partial charge in [-0.2, -0.15) is 0 Å². The fraction of sp³-hybridized carbons (Fsp3) is 0.423. The molecule has 0 spiro atoms. The van der Waals surface area contributed by atoms with Crippen molar-refractivity contribution in [2.24, 2.45) is 0 Å². The highest BCUT2D eigenvalue weighted by molar-refractivity contribution is 5.73. The van der Waals surface area contributed by atoms with Gasteiger partial charge >= 0.3 is 0 Å². The third-order valence-corrected chi connectivity index (χ3v) is 6.69. The van der Waals surface area contributed by atoms with Crippen molar-refractivity contribution in [1.82, 2.24) is 19.9 Å². The van der Waals surface area contributed by atoms with Gasteiger partial charge in [-0.1, -0.05) is 0 Å². The molecular formula is C26H31F2N7O2. The number of nitrogens with zero attached hydrogens (tertiary/aromatic N) is 6. The Morgan fingerprint density at radius 3 is 2.54 bits per heavy atom. The van der Waals surface area contributed by atoms with Gasteiger partial charge in [0.05, 0.1) is 36.9 Å². The molecule has 196 valence electrons. The smallest absolute Gasteiger partial charge is 0.229 e. The number of fused-ring (bicyclic) bond motifs is 1. The number of aliphatic hydroxyl groups is 1. The van der Waals surface area contributed by atoms with Gasteiger partial charge in [0, 0.05) is 44.3 Å². The van der Waals surface area contributed by atoms with E-state index in [1.54, 1.807) is 12.3 Å². The molecule has 2 N–H and O–H groups in total. The van der Waals surface area contributed by atoms with Gasteiger partial charge in [-0.15, -0.1) is 0 Å². The predicted octanol–water partition coefficient (Wildman–Crippen LogP) is 3.28. The number of β-amino-alcohol motifs (C(OH)–C–C–N with tert-alkyl or cyclic N) is 1. The van der Waals surface area contributed by atoms with Crippen molar-refractivity contribution < 1.29 is 18.6 Å². The summed E-state index contributed by atoms with van der Waals surface area (Å²) in [6.45, 7) is 9.39. The van der Waals surface area contributed by atoms with Crippen LogP contribution in [0.5, 0.6) is 5.75 Å². The summed E-state index contributed by atoms with van der Waals surface area (Å²) in [5.41, 5.74) is 1.87. The summed E-state index contributed by atoms with van der Waals surface area (Å²) in [4.78, 5) is 19.4. The van der Waals surface area contributed by atoms with Crippen LogP contribution in [-0.4, -0.2) is 83.5 Å². The number of benzene rings is 1. The highest BCUT2D eigenvalue weighted by Gasteiger charge is 2.26. The average molecular weight is 512 g/mol.